The first-order valence-corrected chi connectivity index (χ1v) is 21.7. The molecular weight excluding hydrogens is 773 g/mol. The predicted octanol–water partition coefficient (Wildman–Crippen LogP) is 15.3. The lowest BCUT2D eigenvalue weighted by atomic mass is 10.0. The molecule has 9 aromatic carbocycles. The molecule has 3 heterocycles. The van der Waals surface area contributed by atoms with Crippen molar-refractivity contribution in [3.63, 3.8) is 0 Å². The molecule has 0 saturated heterocycles. The number of aromatic nitrogens is 4. The molecule has 0 spiro atoms. The lowest BCUT2D eigenvalue weighted by Crippen LogP contribution is -2.04. The minimum Gasteiger partial charge on any atom is -0.308 e. The Kier molecular flexibility index (Phi) is 8.65. The number of thiophene rings is 1. The fraction of sp³-hybridized carbons (Fsp3) is 0. The standard InChI is InChI=1S/C57H36N4S/c1-3-13-37(14-4-1)39-23-27-41(28-24-39)55-58-56(42-29-25-40(26-30-42)44-31-33-48-47-19-9-12-22-53(47)62-54(48)36-44)60-57(59-55)49-34-32-43(38-15-5-2-6-16-38)35-52(49)61-50-20-10-7-17-45(50)46-18-8-11-21-51(46)61/h1-36H. The maximum Gasteiger partial charge on any atom is 0.166 e. The Morgan fingerprint density at radius 2 is 0.710 bits per heavy atom. The molecule has 0 atom stereocenters. The lowest BCUT2D eigenvalue weighted by Gasteiger charge is -2.16. The zero-order chi connectivity index (χ0) is 41.0. The highest BCUT2D eigenvalue weighted by Crippen LogP contribution is 2.40. The molecule has 62 heavy (non-hydrogen) atoms. The largest absolute Gasteiger partial charge is 0.308 e. The fourth-order valence-corrected chi connectivity index (χ4v) is 9.96. The van der Waals surface area contributed by atoms with Crippen molar-refractivity contribution in [3.8, 4) is 73.2 Å². The smallest absolute Gasteiger partial charge is 0.166 e. The SMILES string of the molecule is c1ccc(-c2ccc(-c3nc(-c4ccc(-c5ccc6c(c5)sc5ccccc56)cc4)nc(-c4ccc(-c5ccccc5)cc4-n4c5ccccc5c5ccccc54)n3)cc2)cc1. The second-order valence-corrected chi connectivity index (χ2v) is 16.7. The molecule has 0 aliphatic carbocycles. The molecule has 0 bridgehead atoms. The van der Waals surface area contributed by atoms with E-state index in [1.165, 1.54) is 36.5 Å². The van der Waals surface area contributed by atoms with Crippen LogP contribution in [0.5, 0.6) is 0 Å². The summed E-state index contributed by atoms with van der Waals surface area (Å²) in [5.41, 5.74) is 12.9. The van der Waals surface area contributed by atoms with E-state index < -0.39 is 0 Å². The fourth-order valence-electron chi connectivity index (χ4n) is 8.81. The molecule has 290 valence electrons. The van der Waals surface area contributed by atoms with Crippen LogP contribution in [0, 0.1) is 0 Å². The van der Waals surface area contributed by atoms with E-state index >= 15 is 0 Å². The summed E-state index contributed by atoms with van der Waals surface area (Å²) >= 11 is 1.84. The van der Waals surface area contributed by atoms with Crippen LogP contribution in [0.3, 0.4) is 0 Å². The zero-order valence-electron chi connectivity index (χ0n) is 33.5. The number of rotatable bonds is 7. The first-order valence-electron chi connectivity index (χ1n) is 20.8. The van der Waals surface area contributed by atoms with Crippen LogP contribution in [0.15, 0.2) is 218 Å². The lowest BCUT2D eigenvalue weighted by molar-refractivity contribution is 1.06. The summed E-state index contributed by atoms with van der Waals surface area (Å²) in [4.78, 5) is 15.8. The van der Waals surface area contributed by atoms with Crippen molar-refractivity contribution in [2.24, 2.45) is 0 Å². The number of hydrogen-bond donors (Lipinski definition) is 0. The van der Waals surface area contributed by atoms with E-state index in [1.807, 2.05) is 17.4 Å². The van der Waals surface area contributed by atoms with Crippen LogP contribution in [0.25, 0.3) is 115 Å². The van der Waals surface area contributed by atoms with Gasteiger partial charge in [0.05, 0.1) is 16.7 Å². The molecule has 0 fully saturated rings. The van der Waals surface area contributed by atoms with E-state index in [0.717, 1.165) is 61.2 Å². The second kappa shape index (κ2) is 14.9. The molecule has 0 radical (unpaired) electrons. The zero-order valence-corrected chi connectivity index (χ0v) is 34.3. The Balaban J connectivity index is 1.04. The monoisotopic (exact) mass is 808 g/mol. The van der Waals surface area contributed by atoms with Crippen LogP contribution < -0.4 is 0 Å². The van der Waals surface area contributed by atoms with Gasteiger partial charge in [-0.25, -0.2) is 15.0 Å². The number of fused-ring (bicyclic) bond motifs is 6. The first kappa shape index (κ1) is 35.9. The molecule has 5 heteroatoms. The van der Waals surface area contributed by atoms with E-state index in [1.54, 1.807) is 0 Å². The molecule has 4 nitrogen and oxygen atoms in total. The number of benzene rings is 9. The summed E-state index contributed by atoms with van der Waals surface area (Å²) in [6.45, 7) is 0. The molecule has 12 rings (SSSR count). The summed E-state index contributed by atoms with van der Waals surface area (Å²) in [6.07, 6.45) is 0. The van der Waals surface area contributed by atoms with Crippen molar-refractivity contribution in [2.75, 3.05) is 0 Å². The topological polar surface area (TPSA) is 43.6 Å². The number of nitrogens with zero attached hydrogens (tertiary/aromatic N) is 4. The summed E-state index contributed by atoms with van der Waals surface area (Å²) in [5, 5.41) is 4.99. The maximum atomic E-state index is 5.33. The van der Waals surface area contributed by atoms with Crippen LogP contribution in [0.2, 0.25) is 0 Å². The van der Waals surface area contributed by atoms with Crippen LogP contribution in [0.4, 0.5) is 0 Å². The van der Waals surface area contributed by atoms with E-state index in [0.29, 0.717) is 17.5 Å². The van der Waals surface area contributed by atoms with Crippen LogP contribution in [-0.2, 0) is 0 Å². The van der Waals surface area contributed by atoms with Crippen molar-refractivity contribution in [1.29, 1.82) is 0 Å². The molecule has 0 aliphatic heterocycles. The molecule has 0 unspecified atom stereocenters. The van der Waals surface area contributed by atoms with Gasteiger partial charge in [0.1, 0.15) is 0 Å². The van der Waals surface area contributed by atoms with Gasteiger partial charge in [-0.05, 0) is 69.8 Å². The quantitative estimate of drug-likeness (QED) is 0.161. The van der Waals surface area contributed by atoms with Gasteiger partial charge in [-0.15, -0.1) is 11.3 Å². The Bertz CT molecular complexity index is 3550. The van der Waals surface area contributed by atoms with Crippen LogP contribution in [0.1, 0.15) is 0 Å². The minimum atomic E-state index is 0.605. The summed E-state index contributed by atoms with van der Waals surface area (Å²) in [6, 6.07) is 77.5. The third-order valence-electron chi connectivity index (χ3n) is 11.9. The van der Waals surface area contributed by atoms with E-state index in [-0.39, 0.29) is 0 Å². The van der Waals surface area contributed by atoms with E-state index in [4.69, 9.17) is 15.0 Å². The van der Waals surface area contributed by atoms with Crippen molar-refractivity contribution in [2.45, 2.75) is 0 Å². The van der Waals surface area contributed by atoms with Crippen LogP contribution >= 0.6 is 11.3 Å². The van der Waals surface area contributed by atoms with Gasteiger partial charge in [0.15, 0.2) is 17.5 Å². The van der Waals surface area contributed by atoms with Gasteiger partial charge in [-0.1, -0.05) is 182 Å². The highest BCUT2D eigenvalue weighted by Gasteiger charge is 2.20. The average Bonchev–Trinajstić information content (AvgIpc) is 3.90. The van der Waals surface area contributed by atoms with Gasteiger partial charge in [0, 0.05) is 47.6 Å². The number of para-hydroxylation sites is 2. The van der Waals surface area contributed by atoms with Crippen molar-refractivity contribution in [3.05, 3.63) is 218 Å². The van der Waals surface area contributed by atoms with Crippen molar-refractivity contribution >= 4 is 53.3 Å². The van der Waals surface area contributed by atoms with Gasteiger partial charge in [-0.3, -0.25) is 0 Å². The Morgan fingerprint density at radius 1 is 0.290 bits per heavy atom. The molecular formula is C57H36N4S. The molecule has 0 N–H and O–H groups in total. The van der Waals surface area contributed by atoms with Gasteiger partial charge in [0.25, 0.3) is 0 Å². The Morgan fingerprint density at radius 3 is 1.34 bits per heavy atom. The first-order chi connectivity index (χ1) is 30.7. The molecule has 0 amide bonds. The van der Waals surface area contributed by atoms with Gasteiger partial charge in [0.2, 0.25) is 0 Å². The number of hydrogen-bond acceptors (Lipinski definition) is 4. The maximum absolute atomic E-state index is 5.33. The Hall–Kier alpha value is -7.99. The van der Waals surface area contributed by atoms with E-state index in [2.05, 4.69) is 217 Å². The normalized spacial score (nSPS) is 11.5. The molecule has 0 aliphatic rings. The van der Waals surface area contributed by atoms with Crippen LogP contribution in [-0.4, -0.2) is 19.5 Å². The molecule has 12 aromatic rings. The average molecular weight is 809 g/mol. The molecule has 0 saturated carbocycles. The molecule has 3 aromatic heterocycles. The van der Waals surface area contributed by atoms with E-state index in [9.17, 15) is 0 Å². The summed E-state index contributed by atoms with van der Waals surface area (Å²) in [7, 11) is 0. The Labute approximate surface area is 362 Å². The minimum absolute atomic E-state index is 0.605. The third-order valence-corrected chi connectivity index (χ3v) is 13.0. The third kappa shape index (κ3) is 6.26. The summed E-state index contributed by atoms with van der Waals surface area (Å²) < 4.78 is 4.96. The van der Waals surface area contributed by atoms with Crippen molar-refractivity contribution in [1.82, 2.24) is 19.5 Å². The summed E-state index contributed by atoms with van der Waals surface area (Å²) in [5.74, 6) is 1.83. The van der Waals surface area contributed by atoms with Gasteiger partial charge < -0.3 is 4.57 Å². The highest BCUT2D eigenvalue weighted by molar-refractivity contribution is 7.25. The second-order valence-electron chi connectivity index (χ2n) is 15.6. The van der Waals surface area contributed by atoms with Crippen molar-refractivity contribution < 1.29 is 0 Å². The van der Waals surface area contributed by atoms with Gasteiger partial charge >= 0.3 is 0 Å². The predicted molar refractivity (Wildman–Crippen MR) is 260 cm³/mol. The van der Waals surface area contributed by atoms with Gasteiger partial charge in [-0.2, -0.15) is 0 Å². The highest BCUT2D eigenvalue weighted by atomic mass is 32.1.